The van der Waals surface area contributed by atoms with Gasteiger partial charge in [0.2, 0.25) is 0 Å². The molecule has 0 radical (unpaired) electrons. The Morgan fingerprint density at radius 3 is 2.35 bits per heavy atom. The van der Waals surface area contributed by atoms with Gasteiger partial charge in [-0.25, -0.2) is 0 Å². The van der Waals surface area contributed by atoms with Crippen LogP contribution in [0, 0.1) is 11.8 Å². The maximum atomic E-state index is 6.05. The number of rotatable bonds is 5. The largest absolute Gasteiger partial charge is 0.375 e. The van der Waals surface area contributed by atoms with Crippen LogP contribution in [0.5, 0.6) is 0 Å². The van der Waals surface area contributed by atoms with E-state index in [1.54, 1.807) is 0 Å². The maximum Gasteiger partial charge on any atom is 0.0597 e. The highest BCUT2D eigenvalue weighted by Crippen LogP contribution is 2.38. The van der Waals surface area contributed by atoms with Crippen molar-refractivity contribution in [3.8, 4) is 0 Å². The van der Waals surface area contributed by atoms with Gasteiger partial charge in [0.15, 0.2) is 0 Å². The Morgan fingerprint density at radius 1 is 1.20 bits per heavy atom. The number of nitrogens with one attached hydrogen (secondary N) is 1. The number of ether oxygens (including phenoxy) is 1. The number of likely N-dealkylation sites (N-methyl/N-ethyl adjacent to an activating group) is 1. The quantitative estimate of drug-likeness (QED) is 0.896. The maximum absolute atomic E-state index is 6.05. The van der Waals surface area contributed by atoms with Gasteiger partial charge in [-0.05, 0) is 49.9 Å². The van der Waals surface area contributed by atoms with Crippen molar-refractivity contribution in [1.29, 1.82) is 0 Å². The Kier molecular flexibility index (Phi) is 5.17. The zero-order valence-electron chi connectivity index (χ0n) is 13.3. The van der Waals surface area contributed by atoms with Gasteiger partial charge in [-0.2, -0.15) is 0 Å². The number of pyridine rings is 1. The molecule has 1 saturated heterocycles. The molecule has 1 aromatic heterocycles. The number of hydrogen-bond acceptors (Lipinski definition) is 3. The minimum atomic E-state index is 0.313. The molecule has 20 heavy (non-hydrogen) atoms. The van der Waals surface area contributed by atoms with Gasteiger partial charge in [0.25, 0.3) is 0 Å². The summed E-state index contributed by atoms with van der Waals surface area (Å²) in [4.78, 5) is 4.13. The Morgan fingerprint density at radius 2 is 1.85 bits per heavy atom. The molecule has 0 saturated carbocycles. The van der Waals surface area contributed by atoms with Gasteiger partial charge >= 0.3 is 0 Å². The third kappa shape index (κ3) is 3.04. The highest BCUT2D eigenvalue weighted by molar-refractivity contribution is 5.18. The molecule has 1 N–H and O–H groups in total. The van der Waals surface area contributed by atoms with Crippen LogP contribution in [0.1, 0.15) is 46.1 Å². The predicted molar refractivity (Wildman–Crippen MR) is 82.8 cm³/mol. The van der Waals surface area contributed by atoms with E-state index in [0.717, 1.165) is 6.54 Å². The third-order valence-electron chi connectivity index (χ3n) is 4.94. The molecule has 0 aromatic carbocycles. The monoisotopic (exact) mass is 276 g/mol. The summed E-state index contributed by atoms with van der Waals surface area (Å²) in [6.45, 7) is 12.2. The van der Waals surface area contributed by atoms with E-state index in [-0.39, 0.29) is 0 Å². The average molecular weight is 276 g/mol. The molecule has 1 aliphatic heterocycles. The van der Waals surface area contributed by atoms with Crippen LogP contribution in [0.15, 0.2) is 24.5 Å². The lowest BCUT2D eigenvalue weighted by atomic mass is 9.76. The second kappa shape index (κ2) is 6.68. The highest BCUT2D eigenvalue weighted by atomic mass is 16.5. The van der Waals surface area contributed by atoms with Crippen LogP contribution >= 0.6 is 0 Å². The molecule has 1 aliphatic rings. The SMILES string of the molecule is CCNC(C(C)c1ccncc1)C1C(C)OC(C)C1C. The minimum Gasteiger partial charge on any atom is -0.375 e. The van der Waals surface area contributed by atoms with Crippen molar-refractivity contribution < 1.29 is 4.74 Å². The van der Waals surface area contributed by atoms with Crippen LogP contribution in [0.3, 0.4) is 0 Å². The number of aromatic nitrogens is 1. The van der Waals surface area contributed by atoms with Gasteiger partial charge < -0.3 is 10.1 Å². The van der Waals surface area contributed by atoms with Gasteiger partial charge in [0.1, 0.15) is 0 Å². The van der Waals surface area contributed by atoms with Gasteiger partial charge in [-0.15, -0.1) is 0 Å². The van der Waals surface area contributed by atoms with E-state index in [4.69, 9.17) is 4.74 Å². The summed E-state index contributed by atoms with van der Waals surface area (Å²) < 4.78 is 6.05. The van der Waals surface area contributed by atoms with Crippen molar-refractivity contribution in [2.45, 2.75) is 58.8 Å². The summed E-state index contributed by atoms with van der Waals surface area (Å²) in [5, 5.41) is 3.70. The van der Waals surface area contributed by atoms with E-state index < -0.39 is 0 Å². The summed E-state index contributed by atoms with van der Waals surface area (Å²) in [7, 11) is 0. The van der Waals surface area contributed by atoms with Crippen LogP contribution in [0.2, 0.25) is 0 Å². The van der Waals surface area contributed by atoms with E-state index in [2.05, 4.69) is 57.1 Å². The second-order valence-electron chi connectivity index (χ2n) is 6.14. The molecule has 1 aromatic rings. The molecule has 3 heteroatoms. The molecule has 112 valence electrons. The lowest BCUT2D eigenvalue weighted by molar-refractivity contribution is 0.0466. The van der Waals surface area contributed by atoms with Crippen LogP contribution in [0.4, 0.5) is 0 Å². The van der Waals surface area contributed by atoms with Crippen LogP contribution in [0.25, 0.3) is 0 Å². The smallest absolute Gasteiger partial charge is 0.0597 e. The summed E-state index contributed by atoms with van der Waals surface area (Å²) in [5.41, 5.74) is 1.35. The summed E-state index contributed by atoms with van der Waals surface area (Å²) in [6, 6.07) is 4.70. The molecule has 6 atom stereocenters. The molecular weight excluding hydrogens is 248 g/mol. The summed E-state index contributed by atoms with van der Waals surface area (Å²) in [6.07, 6.45) is 4.43. The molecular formula is C17H28N2O. The first-order chi connectivity index (χ1) is 9.56. The van der Waals surface area contributed by atoms with Crippen molar-refractivity contribution in [3.63, 3.8) is 0 Å². The van der Waals surface area contributed by atoms with Crippen molar-refractivity contribution in [3.05, 3.63) is 30.1 Å². The predicted octanol–water partition coefficient (Wildman–Crippen LogP) is 3.22. The Balaban J connectivity index is 2.22. The van der Waals surface area contributed by atoms with Crippen molar-refractivity contribution in [2.75, 3.05) is 6.54 Å². The van der Waals surface area contributed by atoms with Crippen molar-refractivity contribution in [2.24, 2.45) is 11.8 Å². The molecule has 0 spiro atoms. The highest BCUT2D eigenvalue weighted by Gasteiger charge is 2.43. The standard InChI is InChI=1S/C17H28N2O/c1-6-19-17(12(3)15-7-9-18-10-8-15)16-11(2)13(4)20-14(16)5/h7-14,16-17,19H,6H2,1-5H3. The van der Waals surface area contributed by atoms with E-state index in [1.165, 1.54) is 5.56 Å². The molecule has 0 bridgehead atoms. The zero-order valence-corrected chi connectivity index (χ0v) is 13.3. The van der Waals surface area contributed by atoms with Crippen LogP contribution in [-0.2, 0) is 4.74 Å². The van der Waals surface area contributed by atoms with E-state index in [0.29, 0.717) is 36.0 Å². The third-order valence-corrected chi connectivity index (χ3v) is 4.94. The van der Waals surface area contributed by atoms with E-state index >= 15 is 0 Å². The molecule has 2 heterocycles. The molecule has 6 unspecified atom stereocenters. The molecule has 3 nitrogen and oxygen atoms in total. The Bertz CT molecular complexity index is 409. The van der Waals surface area contributed by atoms with Crippen molar-refractivity contribution >= 4 is 0 Å². The Labute approximate surface area is 123 Å². The number of nitrogens with zero attached hydrogens (tertiary/aromatic N) is 1. The molecule has 1 fully saturated rings. The fourth-order valence-corrected chi connectivity index (χ4v) is 3.67. The molecule has 0 aliphatic carbocycles. The normalized spacial score (nSPS) is 33.0. The first-order valence-electron chi connectivity index (χ1n) is 7.85. The zero-order chi connectivity index (χ0) is 14.7. The van der Waals surface area contributed by atoms with Gasteiger partial charge in [0, 0.05) is 24.4 Å². The Hall–Kier alpha value is -0.930. The van der Waals surface area contributed by atoms with Crippen molar-refractivity contribution in [1.82, 2.24) is 10.3 Å². The van der Waals surface area contributed by atoms with E-state index in [1.807, 2.05) is 12.4 Å². The first-order valence-corrected chi connectivity index (χ1v) is 7.85. The molecule has 2 rings (SSSR count). The summed E-state index contributed by atoms with van der Waals surface area (Å²) in [5.74, 6) is 1.59. The topological polar surface area (TPSA) is 34.2 Å². The molecule has 0 amide bonds. The number of hydrogen-bond donors (Lipinski definition) is 1. The van der Waals surface area contributed by atoms with Crippen LogP contribution < -0.4 is 5.32 Å². The second-order valence-corrected chi connectivity index (χ2v) is 6.14. The van der Waals surface area contributed by atoms with Gasteiger partial charge in [0.05, 0.1) is 12.2 Å². The first kappa shape index (κ1) is 15.5. The van der Waals surface area contributed by atoms with E-state index in [9.17, 15) is 0 Å². The van der Waals surface area contributed by atoms with Crippen LogP contribution in [-0.4, -0.2) is 29.8 Å². The fourth-order valence-electron chi connectivity index (χ4n) is 3.67. The van der Waals surface area contributed by atoms with Gasteiger partial charge in [-0.3, -0.25) is 4.98 Å². The average Bonchev–Trinajstić information content (AvgIpc) is 2.70. The lowest BCUT2D eigenvalue weighted by Crippen LogP contribution is -2.45. The lowest BCUT2D eigenvalue weighted by Gasteiger charge is -2.34. The summed E-state index contributed by atoms with van der Waals surface area (Å²) >= 11 is 0. The van der Waals surface area contributed by atoms with Gasteiger partial charge in [-0.1, -0.05) is 20.8 Å². The fraction of sp³-hybridized carbons (Fsp3) is 0.706. The minimum absolute atomic E-state index is 0.313.